The van der Waals surface area contributed by atoms with Gasteiger partial charge in [-0.3, -0.25) is 0 Å². The van der Waals surface area contributed by atoms with Crippen molar-refractivity contribution >= 4 is 16.9 Å². The Hall–Kier alpha value is -1.00. The minimum Gasteiger partial charge on any atom is -0.478 e. The van der Waals surface area contributed by atoms with Crippen molar-refractivity contribution in [1.29, 1.82) is 0 Å². The third-order valence-corrected chi connectivity index (χ3v) is 3.92. The molecule has 0 bridgehead atoms. The lowest BCUT2D eigenvalue weighted by molar-refractivity contribution is -0.133. The molecule has 0 heterocycles. The van der Waals surface area contributed by atoms with E-state index in [4.69, 9.17) is 10.2 Å². The van der Waals surface area contributed by atoms with Crippen LogP contribution in [0.5, 0.6) is 0 Å². The first-order valence-electron chi connectivity index (χ1n) is 4.29. The fraction of sp³-hybridized carbons (Fsp3) is 0.300. The monoisotopic (exact) mass is 213 g/mol. The van der Waals surface area contributed by atoms with Gasteiger partial charge in [-0.1, -0.05) is 18.2 Å². The minimum absolute atomic E-state index is 0.0330. The van der Waals surface area contributed by atoms with Crippen LogP contribution in [0, 0.1) is 0 Å². The summed E-state index contributed by atoms with van der Waals surface area (Å²) in [7, 11) is -0.368. The molecule has 1 rings (SSSR count). The quantitative estimate of drug-likeness (QED) is 0.709. The molecule has 1 aromatic rings. The first-order valence-corrected chi connectivity index (χ1v) is 5.85. The zero-order valence-corrected chi connectivity index (χ0v) is 8.54. The molecule has 1 unspecified atom stereocenters. The Morgan fingerprint density at radius 3 is 2.43 bits per heavy atom. The Bertz CT molecular complexity index is 287. The molecule has 3 nitrogen and oxygen atoms in total. The van der Waals surface area contributed by atoms with E-state index in [1.165, 1.54) is 0 Å². The number of carboxylic acid groups (broad SMARTS) is 1. The molecule has 14 heavy (non-hydrogen) atoms. The number of hydrogen-bond acceptors (Lipinski definition) is 2. The Labute approximate surface area is 85.7 Å². The predicted octanol–water partition coefficient (Wildman–Crippen LogP) is 0.741. The molecule has 0 saturated carbocycles. The van der Waals surface area contributed by atoms with Crippen LogP contribution in [-0.4, -0.2) is 34.3 Å². The van der Waals surface area contributed by atoms with Crippen LogP contribution in [0.3, 0.4) is 0 Å². The second-order valence-corrected chi connectivity index (χ2v) is 4.93. The highest BCUT2D eigenvalue weighted by Crippen LogP contribution is 2.13. The highest BCUT2D eigenvalue weighted by Gasteiger charge is 2.24. The Morgan fingerprint density at radius 2 is 1.93 bits per heavy atom. The fourth-order valence-electron chi connectivity index (χ4n) is 1.15. The van der Waals surface area contributed by atoms with E-state index in [1.807, 2.05) is 30.3 Å². The molecule has 76 valence electrons. The van der Waals surface area contributed by atoms with E-state index in [9.17, 15) is 4.79 Å². The number of hydrogen-bond donors (Lipinski definition) is 2. The third-order valence-electron chi connectivity index (χ3n) is 1.71. The molecule has 0 saturated heterocycles. The number of aliphatic hydroxyl groups is 1. The zero-order chi connectivity index (χ0) is 10.4. The highest BCUT2D eigenvalue weighted by molar-refractivity contribution is 7.97. The van der Waals surface area contributed by atoms with Gasteiger partial charge < -0.3 is 10.2 Å². The van der Waals surface area contributed by atoms with Gasteiger partial charge in [0.2, 0.25) is 5.75 Å². The number of carbonyl (C=O) groups is 1. The fourth-order valence-corrected chi connectivity index (χ4v) is 2.75. The van der Waals surface area contributed by atoms with E-state index >= 15 is 0 Å². The van der Waals surface area contributed by atoms with Crippen molar-refractivity contribution in [3.63, 3.8) is 0 Å². The number of aliphatic carboxylic acids is 1. The molecule has 0 aromatic heterocycles. The third kappa shape index (κ3) is 3.40. The topological polar surface area (TPSA) is 57.5 Å². The molecule has 0 spiro atoms. The first kappa shape index (κ1) is 11.1. The Morgan fingerprint density at radius 1 is 1.29 bits per heavy atom. The normalized spacial score (nSPS) is 12.4. The highest BCUT2D eigenvalue weighted by atomic mass is 32.2. The standard InChI is InChI=1S/C10H12O3S/c11-6-7-14(8-10(12)13)9-4-2-1-3-5-9/h1-5,11H,6-8H2/p+1. The Balaban J connectivity index is 2.72. The van der Waals surface area contributed by atoms with Crippen LogP contribution in [0.4, 0.5) is 0 Å². The summed E-state index contributed by atoms with van der Waals surface area (Å²) >= 11 is 0. The lowest BCUT2D eigenvalue weighted by atomic mass is 10.4. The molecular formula is C10H13O3S+. The van der Waals surface area contributed by atoms with E-state index in [2.05, 4.69) is 0 Å². The van der Waals surface area contributed by atoms with E-state index in [0.29, 0.717) is 5.75 Å². The second-order valence-electron chi connectivity index (χ2n) is 2.77. The molecule has 1 atom stereocenters. The van der Waals surface area contributed by atoms with E-state index in [1.54, 1.807) is 0 Å². The van der Waals surface area contributed by atoms with Crippen LogP contribution < -0.4 is 0 Å². The number of rotatable bonds is 5. The summed E-state index contributed by atoms with van der Waals surface area (Å²) in [6, 6.07) is 9.47. The van der Waals surface area contributed by atoms with Crippen molar-refractivity contribution in [2.24, 2.45) is 0 Å². The average molecular weight is 213 g/mol. The smallest absolute Gasteiger partial charge is 0.354 e. The summed E-state index contributed by atoms with van der Waals surface area (Å²) in [5, 5.41) is 17.5. The lowest BCUT2D eigenvalue weighted by Crippen LogP contribution is -2.21. The van der Waals surface area contributed by atoms with Crippen molar-refractivity contribution in [3.8, 4) is 0 Å². The maximum atomic E-state index is 10.6. The molecule has 4 heteroatoms. The summed E-state index contributed by atoms with van der Waals surface area (Å²) in [4.78, 5) is 11.6. The van der Waals surface area contributed by atoms with Gasteiger partial charge in [-0.15, -0.1) is 0 Å². The van der Waals surface area contributed by atoms with Gasteiger partial charge >= 0.3 is 5.97 Å². The molecule has 0 aliphatic rings. The summed E-state index contributed by atoms with van der Waals surface area (Å²) in [6.07, 6.45) is 0. The van der Waals surface area contributed by atoms with Crippen LogP contribution in [0.1, 0.15) is 0 Å². The van der Waals surface area contributed by atoms with E-state index in [0.717, 1.165) is 4.90 Å². The largest absolute Gasteiger partial charge is 0.478 e. The van der Waals surface area contributed by atoms with Crippen molar-refractivity contribution in [2.75, 3.05) is 18.1 Å². The summed E-state index contributed by atoms with van der Waals surface area (Å²) in [5.74, 6) is -0.188. The van der Waals surface area contributed by atoms with Crippen LogP contribution in [-0.2, 0) is 15.7 Å². The predicted molar refractivity (Wildman–Crippen MR) is 56.5 cm³/mol. The first-order chi connectivity index (χ1) is 6.74. The summed E-state index contributed by atoms with van der Waals surface area (Å²) < 4.78 is 0. The minimum atomic E-state index is -0.814. The molecular weight excluding hydrogens is 200 g/mol. The van der Waals surface area contributed by atoms with Gasteiger partial charge in [-0.05, 0) is 12.1 Å². The van der Waals surface area contributed by atoms with Gasteiger partial charge in [-0.2, -0.15) is 0 Å². The van der Waals surface area contributed by atoms with Gasteiger partial charge in [0.1, 0.15) is 5.75 Å². The Kier molecular flexibility index (Phi) is 4.49. The van der Waals surface area contributed by atoms with Crippen LogP contribution >= 0.6 is 0 Å². The number of benzene rings is 1. The van der Waals surface area contributed by atoms with Crippen LogP contribution in [0.25, 0.3) is 0 Å². The van der Waals surface area contributed by atoms with Crippen molar-refractivity contribution < 1.29 is 15.0 Å². The van der Waals surface area contributed by atoms with Gasteiger partial charge in [0.05, 0.1) is 6.61 Å². The molecule has 0 aliphatic heterocycles. The molecule has 0 aliphatic carbocycles. The van der Waals surface area contributed by atoms with Gasteiger partial charge in [-0.25, -0.2) is 4.79 Å². The van der Waals surface area contributed by atoms with Gasteiger partial charge in [0, 0.05) is 10.9 Å². The number of carboxylic acids is 1. The average Bonchev–Trinajstić information content (AvgIpc) is 2.18. The van der Waals surface area contributed by atoms with Gasteiger partial charge in [0.25, 0.3) is 0 Å². The summed E-state index contributed by atoms with van der Waals surface area (Å²) in [5.41, 5.74) is 0. The molecule has 0 fully saturated rings. The van der Waals surface area contributed by atoms with Crippen molar-refractivity contribution in [2.45, 2.75) is 4.90 Å². The maximum Gasteiger partial charge on any atom is 0.354 e. The molecule has 0 amide bonds. The van der Waals surface area contributed by atoms with E-state index in [-0.39, 0.29) is 23.3 Å². The molecule has 0 radical (unpaired) electrons. The number of aliphatic hydroxyl groups excluding tert-OH is 1. The van der Waals surface area contributed by atoms with Crippen LogP contribution in [0.15, 0.2) is 35.2 Å². The molecule has 2 N–H and O–H groups in total. The van der Waals surface area contributed by atoms with E-state index < -0.39 is 5.97 Å². The zero-order valence-electron chi connectivity index (χ0n) is 7.72. The molecule has 1 aromatic carbocycles. The second kappa shape index (κ2) is 5.67. The maximum absolute atomic E-state index is 10.6. The van der Waals surface area contributed by atoms with Crippen LogP contribution in [0.2, 0.25) is 0 Å². The van der Waals surface area contributed by atoms with Gasteiger partial charge in [0.15, 0.2) is 4.90 Å². The summed E-state index contributed by atoms with van der Waals surface area (Å²) in [6.45, 7) is 0.0330. The lowest BCUT2D eigenvalue weighted by Gasteiger charge is -2.03. The van der Waals surface area contributed by atoms with Crippen molar-refractivity contribution in [3.05, 3.63) is 30.3 Å². The van der Waals surface area contributed by atoms with Crippen molar-refractivity contribution in [1.82, 2.24) is 0 Å². The SMILES string of the molecule is O=C(O)C[S+](CCO)c1ccccc1.